The summed E-state index contributed by atoms with van der Waals surface area (Å²) in [5, 5.41) is 29.5. The molecule has 3 rings (SSSR count). The van der Waals surface area contributed by atoms with Crippen molar-refractivity contribution in [1.82, 2.24) is 20.5 Å². The number of aliphatic hydroxyl groups is 1. The van der Waals surface area contributed by atoms with Crippen LogP contribution in [0.2, 0.25) is 5.02 Å². The first-order valence-electron chi connectivity index (χ1n) is 10.5. The molecule has 0 aliphatic rings. The monoisotopic (exact) mass is 490 g/mol. The molecule has 0 bridgehead atoms. The van der Waals surface area contributed by atoms with E-state index in [1.165, 1.54) is 18.2 Å². The predicted octanol–water partition coefficient (Wildman–Crippen LogP) is 3.02. The molecule has 0 aliphatic heterocycles. The lowest BCUT2D eigenvalue weighted by Crippen LogP contribution is -2.41. The van der Waals surface area contributed by atoms with E-state index in [9.17, 15) is 24.3 Å². The zero-order valence-electron chi connectivity index (χ0n) is 18.5. The quantitative estimate of drug-likeness (QED) is 0.311. The highest BCUT2D eigenvalue weighted by Gasteiger charge is 2.25. The van der Waals surface area contributed by atoms with Crippen molar-refractivity contribution in [3.05, 3.63) is 70.8 Å². The van der Waals surface area contributed by atoms with Gasteiger partial charge in [-0.2, -0.15) is 0 Å². The van der Waals surface area contributed by atoms with Gasteiger partial charge in [0, 0.05) is 23.0 Å². The number of nitrogens with zero attached hydrogens (tertiary/aromatic N) is 3. The SMILES string of the molecule is CC(C)OC(=O)[C@H](O)C[C@@H](Cc1ccc(-c2cc(Cl)ccc2F)cc1)NC(=O)c1cn(O)nn1. The first-order chi connectivity index (χ1) is 16.1. The fourth-order valence-corrected chi connectivity index (χ4v) is 3.48. The molecule has 0 saturated heterocycles. The van der Waals surface area contributed by atoms with Crippen molar-refractivity contribution in [2.45, 2.75) is 44.9 Å². The van der Waals surface area contributed by atoms with Crippen LogP contribution in [0.5, 0.6) is 0 Å². The molecular weight excluding hydrogens is 467 g/mol. The molecule has 2 aromatic carbocycles. The number of carbonyl (C=O) groups is 2. The van der Waals surface area contributed by atoms with E-state index in [-0.39, 0.29) is 18.5 Å². The first kappa shape index (κ1) is 25.1. The second-order valence-corrected chi connectivity index (χ2v) is 8.39. The van der Waals surface area contributed by atoms with Gasteiger partial charge in [-0.25, -0.2) is 9.18 Å². The van der Waals surface area contributed by atoms with Crippen molar-refractivity contribution in [3.63, 3.8) is 0 Å². The van der Waals surface area contributed by atoms with Gasteiger partial charge in [-0.1, -0.05) is 40.7 Å². The Balaban J connectivity index is 1.77. The summed E-state index contributed by atoms with van der Waals surface area (Å²) >= 11 is 5.98. The van der Waals surface area contributed by atoms with Crippen LogP contribution < -0.4 is 5.32 Å². The van der Waals surface area contributed by atoms with Crippen LogP contribution in [0.4, 0.5) is 4.39 Å². The molecule has 3 aromatic rings. The van der Waals surface area contributed by atoms with E-state index in [1.807, 2.05) is 0 Å². The normalized spacial score (nSPS) is 12.9. The minimum Gasteiger partial charge on any atom is -0.461 e. The number of hydrogen-bond donors (Lipinski definition) is 3. The number of aliphatic hydroxyl groups excluding tert-OH is 1. The summed E-state index contributed by atoms with van der Waals surface area (Å²) in [5.74, 6) is -1.86. The third kappa shape index (κ3) is 6.75. The van der Waals surface area contributed by atoms with Gasteiger partial charge in [-0.05, 0) is 54.8 Å². The smallest absolute Gasteiger partial charge is 0.335 e. The van der Waals surface area contributed by atoms with Gasteiger partial charge < -0.3 is 20.4 Å². The topological polar surface area (TPSA) is 127 Å². The standard InChI is InChI=1S/C23H24ClFN4O5/c1-13(2)34-23(32)21(30)11-17(26-22(31)20-12-29(33)28-27-20)9-14-3-5-15(6-4-14)18-10-16(24)7-8-19(18)25/h3-8,10,12-13,17,21,30,33H,9,11H2,1-2H3,(H,26,31)/t17-,21-/m1/s1. The van der Waals surface area contributed by atoms with Crippen molar-refractivity contribution in [2.75, 3.05) is 0 Å². The Morgan fingerprint density at radius 1 is 1.21 bits per heavy atom. The Morgan fingerprint density at radius 2 is 1.91 bits per heavy atom. The highest BCUT2D eigenvalue weighted by Crippen LogP contribution is 2.26. The number of amides is 1. The minimum absolute atomic E-state index is 0.130. The van der Waals surface area contributed by atoms with Crippen LogP contribution in [0.15, 0.2) is 48.7 Å². The number of halogens is 2. The second kappa shape index (κ2) is 11.1. The first-order valence-corrected chi connectivity index (χ1v) is 10.9. The third-order valence-electron chi connectivity index (χ3n) is 4.86. The molecule has 0 radical (unpaired) electrons. The zero-order chi connectivity index (χ0) is 24.8. The summed E-state index contributed by atoms with van der Waals surface area (Å²) < 4.78 is 19.2. The zero-order valence-corrected chi connectivity index (χ0v) is 19.2. The Hall–Kier alpha value is -3.50. The van der Waals surface area contributed by atoms with Crippen LogP contribution in [0.3, 0.4) is 0 Å². The molecule has 0 unspecified atom stereocenters. The van der Waals surface area contributed by atoms with Gasteiger partial charge in [0.1, 0.15) is 5.82 Å². The summed E-state index contributed by atoms with van der Waals surface area (Å²) in [6.07, 6.45) is -0.752. The van der Waals surface area contributed by atoms with Crippen LogP contribution >= 0.6 is 11.6 Å². The fourth-order valence-electron chi connectivity index (χ4n) is 3.31. The maximum Gasteiger partial charge on any atom is 0.335 e. The van der Waals surface area contributed by atoms with Crippen LogP contribution in [-0.2, 0) is 16.0 Å². The Morgan fingerprint density at radius 3 is 2.53 bits per heavy atom. The van der Waals surface area contributed by atoms with Crippen molar-refractivity contribution >= 4 is 23.5 Å². The van der Waals surface area contributed by atoms with E-state index in [1.54, 1.807) is 38.1 Å². The number of nitrogens with one attached hydrogen (secondary N) is 1. The number of esters is 1. The van der Waals surface area contributed by atoms with Crippen molar-refractivity contribution in [1.29, 1.82) is 0 Å². The number of hydrogen-bond acceptors (Lipinski definition) is 7. The summed E-state index contributed by atoms with van der Waals surface area (Å²) in [4.78, 5) is 25.0. The molecule has 1 amide bonds. The van der Waals surface area contributed by atoms with Gasteiger partial charge in [-0.15, -0.1) is 5.10 Å². The minimum atomic E-state index is -1.47. The molecule has 180 valence electrons. The molecule has 0 aliphatic carbocycles. The number of carbonyl (C=O) groups excluding carboxylic acids is 2. The molecule has 0 fully saturated rings. The van der Waals surface area contributed by atoms with Crippen molar-refractivity contribution in [2.24, 2.45) is 0 Å². The van der Waals surface area contributed by atoms with Gasteiger partial charge in [0.25, 0.3) is 5.91 Å². The van der Waals surface area contributed by atoms with Gasteiger partial charge in [-0.3, -0.25) is 4.79 Å². The summed E-state index contributed by atoms with van der Waals surface area (Å²) in [5.41, 5.74) is 1.58. The number of aromatic nitrogens is 3. The highest BCUT2D eigenvalue weighted by molar-refractivity contribution is 6.30. The lowest BCUT2D eigenvalue weighted by Gasteiger charge is -2.21. The van der Waals surface area contributed by atoms with E-state index in [2.05, 4.69) is 15.6 Å². The molecule has 2 atom stereocenters. The summed E-state index contributed by atoms with van der Waals surface area (Å²) in [7, 11) is 0. The second-order valence-electron chi connectivity index (χ2n) is 7.96. The van der Waals surface area contributed by atoms with Gasteiger partial charge in [0.05, 0.1) is 12.3 Å². The number of benzene rings is 2. The maximum atomic E-state index is 14.2. The van der Waals surface area contributed by atoms with Crippen molar-refractivity contribution < 1.29 is 29.0 Å². The summed E-state index contributed by atoms with van der Waals surface area (Å²) in [6, 6.07) is 10.5. The molecule has 0 saturated carbocycles. The Labute approximate surface area is 200 Å². The van der Waals surface area contributed by atoms with Gasteiger partial charge in [0.15, 0.2) is 11.8 Å². The van der Waals surface area contributed by atoms with E-state index in [0.29, 0.717) is 21.0 Å². The molecule has 1 aromatic heterocycles. The van der Waals surface area contributed by atoms with Gasteiger partial charge >= 0.3 is 5.97 Å². The van der Waals surface area contributed by atoms with E-state index < -0.39 is 35.9 Å². The molecule has 11 heteroatoms. The average Bonchev–Trinajstić information content (AvgIpc) is 3.22. The lowest BCUT2D eigenvalue weighted by molar-refractivity contribution is -0.158. The van der Waals surface area contributed by atoms with Gasteiger partial charge in [0.2, 0.25) is 0 Å². The Kier molecular flexibility index (Phi) is 8.19. The molecule has 34 heavy (non-hydrogen) atoms. The van der Waals surface area contributed by atoms with Crippen LogP contribution in [-0.4, -0.2) is 55.6 Å². The molecule has 3 N–H and O–H groups in total. The highest BCUT2D eigenvalue weighted by atomic mass is 35.5. The molecule has 9 nitrogen and oxygen atoms in total. The molecule has 1 heterocycles. The lowest BCUT2D eigenvalue weighted by atomic mass is 9.97. The average molecular weight is 491 g/mol. The third-order valence-corrected chi connectivity index (χ3v) is 5.09. The fraction of sp³-hybridized carbons (Fsp3) is 0.304. The maximum absolute atomic E-state index is 14.2. The molecular formula is C23H24ClFN4O5. The van der Waals surface area contributed by atoms with E-state index in [4.69, 9.17) is 16.3 Å². The molecule has 0 spiro atoms. The number of ether oxygens (including phenoxy) is 1. The summed E-state index contributed by atoms with van der Waals surface area (Å²) in [6.45, 7) is 3.32. The van der Waals surface area contributed by atoms with E-state index >= 15 is 0 Å². The number of rotatable bonds is 9. The largest absolute Gasteiger partial charge is 0.461 e. The van der Waals surface area contributed by atoms with Crippen molar-refractivity contribution in [3.8, 4) is 11.1 Å². The van der Waals surface area contributed by atoms with E-state index in [0.717, 1.165) is 11.8 Å². The van der Waals surface area contributed by atoms with Crippen LogP contribution in [0.25, 0.3) is 11.1 Å². The van der Waals surface area contributed by atoms with Crippen LogP contribution in [0.1, 0.15) is 36.3 Å². The Bertz CT molecular complexity index is 1150. The predicted molar refractivity (Wildman–Crippen MR) is 121 cm³/mol. The van der Waals surface area contributed by atoms with Crippen LogP contribution in [0, 0.1) is 5.82 Å².